The molecule has 20 heavy (non-hydrogen) atoms. The van der Waals surface area contributed by atoms with E-state index in [4.69, 9.17) is 4.74 Å². The zero-order valence-corrected chi connectivity index (χ0v) is 11.2. The fourth-order valence-electron chi connectivity index (χ4n) is 2.10. The number of aryl methyl sites for hydroxylation is 1. The molecule has 1 aliphatic heterocycles. The number of aromatic nitrogens is 1. The number of anilines is 1. The summed E-state index contributed by atoms with van der Waals surface area (Å²) in [6.45, 7) is 3.01. The van der Waals surface area contributed by atoms with Crippen molar-refractivity contribution in [3.63, 3.8) is 0 Å². The molecule has 1 atom stereocenters. The number of hydrogen-bond donors (Lipinski definition) is 0. The number of hydrogen-bond acceptors (Lipinski definition) is 7. The van der Waals surface area contributed by atoms with Gasteiger partial charge in [-0.25, -0.2) is 9.78 Å². The summed E-state index contributed by atoms with van der Waals surface area (Å²) in [4.78, 5) is 27.7. The van der Waals surface area contributed by atoms with Crippen molar-refractivity contribution in [2.75, 3.05) is 31.7 Å². The molecule has 8 nitrogen and oxygen atoms in total. The van der Waals surface area contributed by atoms with E-state index in [1.165, 1.54) is 19.4 Å². The number of rotatable bonds is 3. The summed E-state index contributed by atoms with van der Waals surface area (Å²) >= 11 is 0. The normalized spacial score (nSPS) is 18.7. The van der Waals surface area contributed by atoms with Crippen molar-refractivity contribution in [2.24, 2.45) is 0 Å². The highest BCUT2D eigenvalue weighted by molar-refractivity contribution is 5.75. The van der Waals surface area contributed by atoms with Gasteiger partial charge in [0.15, 0.2) is 6.10 Å². The highest BCUT2D eigenvalue weighted by atomic mass is 16.6. The smallest absolute Gasteiger partial charge is 0.336 e. The van der Waals surface area contributed by atoms with Crippen molar-refractivity contribution in [3.8, 4) is 0 Å². The monoisotopic (exact) mass is 281 g/mol. The molecule has 0 radical (unpaired) electrons. The molecule has 1 aromatic rings. The predicted octanol–water partition coefficient (Wildman–Crippen LogP) is 0.676. The molecule has 0 saturated carbocycles. The second-order valence-electron chi connectivity index (χ2n) is 4.42. The first-order valence-corrected chi connectivity index (χ1v) is 6.08. The largest absolute Gasteiger partial charge is 0.467 e. The molecule has 1 saturated heterocycles. The summed E-state index contributed by atoms with van der Waals surface area (Å²) in [5.41, 5.74) is 0.633. The number of esters is 1. The number of carbonyl (C=O) groups excluding carboxylic acids is 1. The van der Waals surface area contributed by atoms with E-state index in [1.54, 1.807) is 6.92 Å². The topological polar surface area (TPSA) is 94.8 Å². The Kier molecular flexibility index (Phi) is 4.14. The summed E-state index contributed by atoms with van der Waals surface area (Å²) in [7, 11) is 1.31. The zero-order chi connectivity index (χ0) is 14.7. The lowest BCUT2D eigenvalue weighted by Gasteiger charge is -2.32. The Balaban J connectivity index is 2.19. The van der Waals surface area contributed by atoms with Crippen molar-refractivity contribution in [1.82, 2.24) is 4.98 Å². The molecule has 0 aromatic carbocycles. The van der Waals surface area contributed by atoms with Gasteiger partial charge in [-0.05, 0) is 12.5 Å². The number of nitrogens with zero attached hydrogens (tertiary/aromatic N) is 3. The molecule has 2 heterocycles. The van der Waals surface area contributed by atoms with Crippen LogP contribution in [0.2, 0.25) is 0 Å². The fraction of sp³-hybridized carbons (Fsp3) is 0.500. The third-order valence-electron chi connectivity index (χ3n) is 3.08. The molecule has 0 spiro atoms. The van der Waals surface area contributed by atoms with E-state index in [2.05, 4.69) is 9.72 Å². The van der Waals surface area contributed by atoms with E-state index >= 15 is 0 Å². The molecular formula is C12H15N3O5. The molecule has 1 aromatic heterocycles. The second-order valence-corrected chi connectivity index (χ2v) is 4.42. The number of nitro groups is 1. The van der Waals surface area contributed by atoms with Crippen molar-refractivity contribution >= 4 is 17.5 Å². The van der Waals surface area contributed by atoms with Gasteiger partial charge in [0, 0.05) is 12.6 Å². The van der Waals surface area contributed by atoms with E-state index in [1.807, 2.05) is 4.90 Å². The average Bonchev–Trinajstić information content (AvgIpc) is 2.46. The minimum Gasteiger partial charge on any atom is -0.467 e. The Bertz CT molecular complexity index is 534. The summed E-state index contributed by atoms with van der Waals surface area (Å²) in [6, 6.07) is 1.46. The van der Waals surface area contributed by atoms with E-state index in [-0.39, 0.29) is 5.69 Å². The van der Waals surface area contributed by atoms with Crippen molar-refractivity contribution in [3.05, 3.63) is 27.9 Å². The maximum atomic E-state index is 11.5. The van der Waals surface area contributed by atoms with Crippen LogP contribution in [0.25, 0.3) is 0 Å². The maximum absolute atomic E-state index is 11.5. The van der Waals surface area contributed by atoms with Crippen LogP contribution in [0.4, 0.5) is 11.5 Å². The van der Waals surface area contributed by atoms with Crippen molar-refractivity contribution in [2.45, 2.75) is 13.0 Å². The molecule has 1 fully saturated rings. The SMILES string of the molecule is COC(=O)C1CN(c2ncc([N+](=O)[O-])cc2C)CCO1. The zero-order valence-electron chi connectivity index (χ0n) is 11.2. The summed E-state index contributed by atoms with van der Waals surface area (Å²) in [5.74, 6) is 0.182. The lowest BCUT2D eigenvalue weighted by Crippen LogP contribution is -2.47. The van der Waals surface area contributed by atoms with Gasteiger partial charge in [-0.15, -0.1) is 0 Å². The van der Waals surface area contributed by atoms with Gasteiger partial charge in [0.1, 0.15) is 12.0 Å². The number of morpholine rings is 1. The summed E-state index contributed by atoms with van der Waals surface area (Å²) < 4.78 is 9.99. The molecule has 8 heteroatoms. The standard InChI is InChI=1S/C12H15N3O5/c1-8-5-9(15(17)18)6-13-11(8)14-3-4-20-10(7-14)12(16)19-2/h5-6,10H,3-4,7H2,1-2H3. The van der Waals surface area contributed by atoms with Gasteiger partial charge in [0.25, 0.3) is 5.69 Å². The molecule has 2 rings (SSSR count). The minimum absolute atomic E-state index is 0.0518. The molecule has 0 bridgehead atoms. The highest BCUT2D eigenvalue weighted by Gasteiger charge is 2.29. The van der Waals surface area contributed by atoms with Crippen molar-refractivity contribution < 1.29 is 19.2 Å². The second kappa shape index (κ2) is 5.83. The molecular weight excluding hydrogens is 266 g/mol. The van der Waals surface area contributed by atoms with Crippen LogP contribution in [0.15, 0.2) is 12.3 Å². The molecule has 1 unspecified atom stereocenters. The van der Waals surface area contributed by atoms with E-state index in [0.717, 1.165) is 0 Å². The van der Waals surface area contributed by atoms with Crippen molar-refractivity contribution in [1.29, 1.82) is 0 Å². The Hall–Kier alpha value is -2.22. The highest BCUT2D eigenvalue weighted by Crippen LogP contribution is 2.23. The van der Waals surface area contributed by atoms with Crippen LogP contribution in [0.1, 0.15) is 5.56 Å². The first-order valence-electron chi connectivity index (χ1n) is 6.08. The van der Waals surface area contributed by atoms with Gasteiger partial charge in [-0.3, -0.25) is 10.1 Å². The van der Waals surface area contributed by atoms with Crippen LogP contribution < -0.4 is 4.90 Å². The van der Waals surface area contributed by atoms with Gasteiger partial charge in [0.2, 0.25) is 0 Å². The third kappa shape index (κ3) is 2.85. The summed E-state index contributed by atoms with van der Waals surface area (Å²) in [5, 5.41) is 10.7. The first-order chi connectivity index (χ1) is 9.52. The fourth-order valence-corrected chi connectivity index (χ4v) is 2.10. The Morgan fingerprint density at radius 3 is 3.00 bits per heavy atom. The molecule has 108 valence electrons. The van der Waals surface area contributed by atoms with Crippen LogP contribution in [0, 0.1) is 17.0 Å². The van der Waals surface area contributed by atoms with Gasteiger partial charge >= 0.3 is 5.97 Å². The lowest BCUT2D eigenvalue weighted by molar-refractivity contribution is -0.385. The van der Waals surface area contributed by atoms with Gasteiger partial charge in [-0.2, -0.15) is 0 Å². The molecule has 1 aliphatic rings. The van der Waals surface area contributed by atoms with Crippen LogP contribution in [0.5, 0.6) is 0 Å². The number of carbonyl (C=O) groups is 1. The van der Waals surface area contributed by atoms with Gasteiger partial charge in [-0.1, -0.05) is 0 Å². The summed E-state index contributed by atoms with van der Waals surface area (Å²) in [6.07, 6.45) is 0.551. The van der Waals surface area contributed by atoms with Crippen LogP contribution in [-0.4, -0.2) is 48.8 Å². The Labute approximate surface area is 115 Å². The number of pyridine rings is 1. The van der Waals surface area contributed by atoms with Crippen LogP contribution >= 0.6 is 0 Å². The predicted molar refractivity (Wildman–Crippen MR) is 69.6 cm³/mol. The first kappa shape index (κ1) is 14.2. The Morgan fingerprint density at radius 1 is 1.65 bits per heavy atom. The van der Waals surface area contributed by atoms with Gasteiger partial charge < -0.3 is 14.4 Å². The van der Waals surface area contributed by atoms with E-state index in [0.29, 0.717) is 31.1 Å². The number of ether oxygens (including phenoxy) is 2. The Morgan fingerprint density at radius 2 is 2.40 bits per heavy atom. The minimum atomic E-state index is -0.662. The molecule has 0 aliphatic carbocycles. The third-order valence-corrected chi connectivity index (χ3v) is 3.08. The van der Waals surface area contributed by atoms with E-state index in [9.17, 15) is 14.9 Å². The maximum Gasteiger partial charge on any atom is 0.336 e. The number of methoxy groups -OCH3 is 1. The quantitative estimate of drug-likeness (QED) is 0.456. The molecule has 0 amide bonds. The van der Waals surface area contributed by atoms with E-state index < -0.39 is 17.0 Å². The van der Waals surface area contributed by atoms with Crippen LogP contribution in [0.3, 0.4) is 0 Å². The van der Waals surface area contributed by atoms with Crippen LogP contribution in [-0.2, 0) is 14.3 Å². The van der Waals surface area contributed by atoms with Gasteiger partial charge in [0.05, 0.1) is 25.2 Å². The molecule has 0 N–H and O–H groups in total. The lowest BCUT2D eigenvalue weighted by atomic mass is 10.2. The average molecular weight is 281 g/mol.